The Labute approximate surface area is 117 Å². The van der Waals surface area contributed by atoms with Crippen LogP contribution in [0, 0.1) is 6.92 Å². The third kappa shape index (κ3) is 5.16. The number of benzene rings is 1. The van der Waals surface area contributed by atoms with Gasteiger partial charge in [-0.3, -0.25) is 0 Å². The zero-order valence-electron chi connectivity index (χ0n) is 11.4. The van der Waals surface area contributed by atoms with Crippen LogP contribution in [0.15, 0.2) is 24.3 Å². The summed E-state index contributed by atoms with van der Waals surface area (Å²) in [5.41, 5.74) is 2.05. The van der Waals surface area contributed by atoms with Crippen molar-refractivity contribution in [2.45, 2.75) is 37.9 Å². The van der Waals surface area contributed by atoms with E-state index in [-0.39, 0.29) is 13.2 Å². The van der Waals surface area contributed by atoms with Crippen molar-refractivity contribution in [3.05, 3.63) is 35.4 Å². The van der Waals surface area contributed by atoms with Crippen molar-refractivity contribution in [1.82, 2.24) is 0 Å². The zero-order valence-corrected chi connectivity index (χ0v) is 11.4. The molecule has 0 saturated carbocycles. The highest BCUT2D eigenvalue weighted by molar-refractivity contribution is 5.20. The second kappa shape index (κ2) is 8.31. The standard InChI is InChI=1S/C14H22O6/c1-9-2-4-10(5-3-9)7-20-8-12(17)14(19)13(18)11(16)6-15/h2-5,11-19H,6-8H2,1H3. The van der Waals surface area contributed by atoms with Crippen LogP contribution in [0.5, 0.6) is 0 Å². The second-order valence-electron chi connectivity index (χ2n) is 4.80. The molecule has 6 nitrogen and oxygen atoms in total. The summed E-state index contributed by atoms with van der Waals surface area (Å²) < 4.78 is 5.24. The highest BCUT2D eigenvalue weighted by atomic mass is 16.5. The molecule has 0 fully saturated rings. The Balaban J connectivity index is 2.35. The molecule has 0 saturated heterocycles. The fourth-order valence-electron chi connectivity index (χ4n) is 1.64. The molecule has 0 bridgehead atoms. The molecule has 0 amide bonds. The average Bonchev–Trinajstić information content (AvgIpc) is 2.46. The summed E-state index contributed by atoms with van der Waals surface area (Å²) in [7, 11) is 0. The lowest BCUT2D eigenvalue weighted by molar-refractivity contribution is -0.130. The van der Waals surface area contributed by atoms with Crippen LogP contribution in [0.25, 0.3) is 0 Å². The smallest absolute Gasteiger partial charge is 0.111 e. The van der Waals surface area contributed by atoms with Crippen molar-refractivity contribution >= 4 is 0 Å². The molecule has 6 heteroatoms. The van der Waals surface area contributed by atoms with Gasteiger partial charge in [-0.25, -0.2) is 0 Å². The number of aryl methyl sites for hydroxylation is 1. The molecule has 0 spiro atoms. The lowest BCUT2D eigenvalue weighted by Crippen LogP contribution is -2.47. The van der Waals surface area contributed by atoms with Crippen LogP contribution in [0.2, 0.25) is 0 Å². The summed E-state index contributed by atoms with van der Waals surface area (Å²) in [4.78, 5) is 0. The van der Waals surface area contributed by atoms with Gasteiger partial charge in [-0.15, -0.1) is 0 Å². The third-order valence-electron chi connectivity index (χ3n) is 3.00. The van der Waals surface area contributed by atoms with Gasteiger partial charge in [-0.05, 0) is 12.5 Å². The Hall–Kier alpha value is -1.02. The number of ether oxygens (including phenoxy) is 1. The second-order valence-corrected chi connectivity index (χ2v) is 4.80. The molecule has 114 valence electrons. The fourth-order valence-corrected chi connectivity index (χ4v) is 1.64. The van der Waals surface area contributed by atoms with Gasteiger partial charge >= 0.3 is 0 Å². The molecule has 0 aliphatic carbocycles. The van der Waals surface area contributed by atoms with Gasteiger partial charge in [0.15, 0.2) is 0 Å². The lowest BCUT2D eigenvalue weighted by atomic mass is 10.0. The molecule has 0 radical (unpaired) electrons. The molecular formula is C14H22O6. The Morgan fingerprint density at radius 2 is 1.50 bits per heavy atom. The van der Waals surface area contributed by atoms with Gasteiger partial charge in [0.2, 0.25) is 0 Å². The molecule has 4 unspecified atom stereocenters. The first-order valence-corrected chi connectivity index (χ1v) is 6.42. The maximum Gasteiger partial charge on any atom is 0.111 e. The highest BCUT2D eigenvalue weighted by Crippen LogP contribution is 2.08. The Kier molecular flexibility index (Phi) is 7.08. The van der Waals surface area contributed by atoms with Crippen LogP contribution in [0.4, 0.5) is 0 Å². The minimum absolute atomic E-state index is 0.190. The van der Waals surface area contributed by atoms with Crippen molar-refractivity contribution in [2.24, 2.45) is 0 Å². The molecular weight excluding hydrogens is 264 g/mol. The summed E-state index contributed by atoms with van der Waals surface area (Å²) >= 11 is 0. The van der Waals surface area contributed by atoms with Crippen molar-refractivity contribution < 1.29 is 30.3 Å². The number of hydrogen-bond acceptors (Lipinski definition) is 6. The Bertz CT molecular complexity index is 380. The van der Waals surface area contributed by atoms with Gasteiger partial charge in [0.05, 0.1) is 19.8 Å². The number of rotatable bonds is 8. The van der Waals surface area contributed by atoms with Crippen LogP contribution < -0.4 is 0 Å². The minimum atomic E-state index is -1.63. The average molecular weight is 286 g/mol. The van der Waals surface area contributed by atoms with Crippen LogP contribution in [-0.2, 0) is 11.3 Å². The van der Waals surface area contributed by atoms with Gasteiger partial charge < -0.3 is 30.3 Å². The van der Waals surface area contributed by atoms with Gasteiger partial charge in [0.25, 0.3) is 0 Å². The van der Waals surface area contributed by atoms with Crippen molar-refractivity contribution in [3.8, 4) is 0 Å². The quantitative estimate of drug-likeness (QED) is 0.417. The summed E-state index contributed by atoms with van der Waals surface area (Å²) in [5.74, 6) is 0. The molecule has 1 aromatic rings. The normalized spacial score (nSPS) is 17.5. The van der Waals surface area contributed by atoms with Gasteiger partial charge in [-0.2, -0.15) is 0 Å². The Morgan fingerprint density at radius 3 is 2.05 bits per heavy atom. The maximum atomic E-state index is 9.63. The van der Waals surface area contributed by atoms with E-state index in [4.69, 9.17) is 14.9 Å². The Morgan fingerprint density at radius 1 is 0.950 bits per heavy atom. The SMILES string of the molecule is Cc1ccc(COCC(O)C(O)C(O)C(O)CO)cc1. The van der Waals surface area contributed by atoms with E-state index in [1.165, 1.54) is 0 Å². The predicted octanol–water partition coefficient (Wildman–Crippen LogP) is -1.05. The summed E-state index contributed by atoms with van der Waals surface area (Å²) in [6.45, 7) is 1.35. The third-order valence-corrected chi connectivity index (χ3v) is 3.00. The largest absolute Gasteiger partial charge is 0.394 e. The van der Waals surface area contributed by atoms with Crippen LogP contribution >= 0.6 is 0 Å². The van der Waals surface area contributed by atoms with Gasteiger partial charge in [0, 0.05) is 0 Å². The van der Waals surface area contributed by atoms with E-state index in [9.17, 15) is 15.3 Å². The molecule has 1 aromatic carbocycles. The lowest BCUT2D eigenvalue weighted by Gasteiger charge is -2.25. The van der Waals surface area contributed by atoms with Crippen molar-refractivity contribution in [3.63, 3.8) is 0 Å². The minimum Gasteiger partial charge on any atom is -0.394 e. The topological polar surface area (TPSA) is 110 Å². The zero-order chi connectivity index (χ0) is 15.1. The maximum absolute atomic E-state index is 9.63. The van der Waals surface area contributed by atoms with Gasteiger partial charge in [-0.1, -0.05) is 29.8 Å². The number of hydrogen-bond donors (Lipinski definition) is 5. The van der Waals surface area contributed by atoms with Crippen molar-refractivity contribution in [2.75, 3.05) is 13.2 Å². The summed E-state index contributed by atoms with van der Waals surface area (Å²) in [6, 6.07) is 7.65. The number of aliphatic hydroxyl groups is 5. The first-order chi connectivity index (χ1) is 9.45. The molecule has 20 heavy (non-hydrogen) atoms. The van der Waals surface area contributed by atoms with Crippen LogP contribution in [-0.4, -0.2) is 63.2 Å². The first kappa shape index (κ1) is 17.0. The highest BCUT2D eigenvalue weighted by Gasteiger charge is 2.29. The monoisotopic (exact) mass is 286 g/mol. The molecule has 0 heterocycles. The van der Waals surface area contributed by atoms with E-state index in [1.54, 1.807) is 0 Å². The molecule has 5 N–H and O–H groups in total. The number of aliphatic hydroxyl groups excluding tert-OH is 5. The summed E-state index contributed by atoms with van der Waals surface area (Å²) in [6.07, 6.45) is -6.07. The van der Waals surface area contributed by atoms with E-state index in [0.29, 0.717) is 0 Å². The van der Waals surface area contributed by atoms with Crippen LogP contribution in [0.3, 0.4) is 0 Å². The van der Waals surface area contributed by atoms with E-state index in [1.807, 2.05) is 31.2 Å². The van der Waals surface area contributed by atoms with E-state index < -0.39 is 31.0 Å². The molecule has 0 aromatic heterocycles. The molecule has 0 aliphatic rings. The van der Waals surface area contributed by atoms with Gasteiger partial charge in [0.1, 0.15) is 24.4 Å². The first-order valence-electron chi connectivity index (χ1n) is 6.42. The van der Waals surface area contributed by atoms with Crippen molar-refractivity contribution in [1.29, 1.82) is 0 Å². The van der Waals surface area contributed by atoms with Crippen LogP contribution in [0.1, 0.15) is 11.1 Å². The molecule has 4 atom stereocenters. The van der Waals surface area contributed by atoms with E-state index in [2.05, 4.69) is 0 Å². The predicted molar refractivity (Wildman–Crippen MR) is 71.9 cm³/mol. The summed E-state index contributed by atoms with van der Waals surface area (Å²) in [5, 5.41) is 46.4. The molecule has 0 aliphatic heterocycles. The van der Waals surface area contributed by atoms with E-state index >= 15 is 0 Å². The molecule has 1 rings (SSSR count). The fraction of sp³-hybridized carbons (Fsp3) is 0.571. The van der Waals surface area contributed by atoms with E-state index in [0.717, 1.165) is 11.1 Å².